The fourth-order valence-corrected chi connectivity index (χ4v) is 9.92. The summed E-state index contributed by atoms with van der Waals surface area (Å²) in [5.41, 5.74) is 21.2. The minimum Gasteiger partial charge on any atom is -0.453 e. The van der Waals surface area contributed by atoms with Crippen LogP contribution in [0.15, 0.2) is 176 Å². The molecule has 9 aromatic rings. The number of aryl methyl sites for hydroxylation is 4. The molecule has 6 nitrogen and oxygen atoms in total. The van der Waals surface area contributed by atoms with Gasteiger partial charge in [0, 0.05) is 53.3 Å². The molecule has 4 aromatic heterocycles. The zero-order chi connectivity index (χ0) is 49.2. The molecule has 6 heteroatoms. The molecule has 0 N–H and O–H groups in total. The van der Waals surface area contributed by atoms with E-state index in [0.29, 0.717) is 0 Å². The van der Waals surface area contributed by atoms with E-state index in [0.717, 1.165) is 195 Å². The van der Waals surface area contributed by atoms with Crippen molar-refractivity contribution in [1.82, 2.24) is 19.9 Å². The number of pyridine rings is 4. The molecule has 5 aromatic carbocycles. The van der Waals surface area contributed by atoms with Crippen LogP contribution in [-0.4, -0.2) is 19.9 Å². The number of hydrogen-bond acceptors (Lipinski definition) is 6. The molecule has 0 fully saturated rings. The highest BCUT2D eigenvalue weighted by Gasteiger charge is 2.27. The lowest BCUT2D eigenvalue weighted by Gasteiger charge is -2.33. The van der Waals surface area contributed by atoms with E-state index in [1.165, 1.54) is 0 Å². The number of rotatable bonds is 19. The molecule has 0 spiro atoms. The van der Waals surface area contributed by atoms with E-state index in [1.54, 1.807) is 0 Å². The van der Waals surface area contributed by atoms with Crippen molar-refractivity contribution in [3.63, 3.8) is 0 Å². The van der Waals surface area contributed by atoms with Crippen LogP contribution in [0.25, 0.3) is 66.8 Å². The summed E-state index contributed by atoms with van der Waals surface area (Å²) in [7, 11) is 0. The third-order valence-corrected chi connectivity index (χ3v) is 13.9. The Morgan fingerprint density at radius 1 is 0.319 bits per heavy atom. The van der Waals surface area contributed by atoms with E-state index < -0.39 is 0 Å². The summed E-state index contributed by atoms with van der Waals surface area (Å²) in [5.74, 6) is 1.64. The summed E-state index contributed by atoms with van der Waals surface area (Å²) in [6.45, 7) is 8.96. The maximum atomic E-state index is 6.59. The molecule has 0 radical (unpaired) electrons. The number of benzene rings is 5. The lowest BCUT2D eigenvalue weighted by atomic mass is 9.89. The van der Waals surface area contributed by atoms with E-state index in [2.05, 4.69) is 172 Å². The predicted octanol–water partition coefficient (Wildman–Crippen LogP) is 18.2. The van der Waals surface area contributed by atoms with Crippen molar-refractivity contribution in [3.05, 3.63) is 199 Å². The molecule has 0 unspecified atom stereocenters. The molecule has 72 heavy (non-hydrogen) atoms. The Hall–Kier alpha value is -7.70. The van der Waals surface area contributed by atoms with Gasteiger partial charge in [-0.2, -0.15) is 0 Å². The Balaban J connectivity index is 1.22. The average molecular weight is 944 g/mol. The first-order valence-corrected chi connectivity index (χ1v) is 26.4. The highest BCUT2D eigenvalue weighted by Crippen LogP contribution is 2.51. The zero-order valence-corrected chi connectivity index (χ0v) is 42.4. The largest absolute Gasteiger partial charge is 0.453 e. The molecule has 5 heterocycles. The molecule has 0 bridgehead atoms. The molecule has 0 aliphatic carbocycles. The number of unbranched alkanes of at least 4 members (excludes halogenated alkanes) is 4. The summed E-state index contributed by atoms with van der Waals surface area (Å²) in [5, 5.41) is 0. The average Bonchev–Trinajstić information content (AvgIpc) is 3.44. The monoisotopic (exact) mass is 944 g/mol. The van der Waals surface area contributed by atoms with Gasteiger partial charge in [0.25, 0.3) is 0 Å². The van der Waals surface area contributed by atoms with Gasteiger partial charge in [-0.25, -0.2) is 0 Å². The van der Waals surface area contributed by atoms with Crippen LogP contribution in [-0.2, 0) is 25.7 Å². The lowest BCUT2D eigenvalue weighted by Crippen LogP contribution is -2.15. The third kappa shape index (κ3) is 10.9. The van der Waals surface area contributed by atoms with Gasteiger partial charge < -0.3 is 9.64 Å². The zero-order valence-electron chi connectivity index (χ0n) is 42.4. The molecular weight excluding hydrogens is 879 g/mol. The van der Waals surface area contributed by atoms with Crippen molar-refractivity contribution < 1.29 is 4.74 Å². The van der Waals surface area contributed by atoms with Gasteiger partial charge in [0.05, 0.1) is 11.4 Å². The number of nitrogens with zero attached hydrogens (tertiary/aromatic N) is 5. The molecule has 1 aliphatic heterocycles. The van der Waals surface area contributed by atoms with E-state index in [-0.39, 0.29) is 0 Å². The number of anilines is 3. The Kier molecular flexibility index (Phi) is 15.0. The predicted molar refractivity (Wildman–Crippen MR) is 299 cm³/mol. The van der Waals surface area contributed by atoms with Crippen LogP contribution in [0.1, 0.15) is 102 Å². The second-order valence-corrected chi connectivity index (χ2v) is 19.3. The Labute approximate surface area is 426 Å². The Bertz CT molecular complexity index is 2970. The van der Waals surface area contributed by atoms with Crippen LogP contribution < -0.4 is 9.64 Å². The third-order valence-electron chi connectivity index (χ3n) is 13.9. The molecule has 0 atom stereocenters. The molecule has 10 rings (SSSR count). The van der Waals surface area contributed by atoms with Gasteiger partial charge in [-0.1, -0.05) is 77.6 Å². The van der Waals surface area contributed by atoms with Crippen molar-refractivity contribution >= 4 is 17.1 Å². The molecule has 1 aliphatic rings. The molecule has 360 valence electrons. The fourth-order valence-electron chi connectivity index (χ4n) is 9.92. The second-order valence-electron chi connectivity index (χ2n) is 19.3. The summed E-state index contributed by atoms with van der Waals surface area (Å²) in [4.78, 5) is 21.6. The summed E-state index contributed by atoms with van der Waals surface area (Å²) < 4.78 is 6.59. The molecule has 0 saturated heterocycles. The first kappa shape index (κ1) is 48.0. The van der Waals surface area contributed by atoms with Gasteiger partial charge >= 0.3 is 0 Å². The smallest absolute Gasteiger partial charge is 0.151 e. The van der Waals surface area contributed by atoms with Crippen molar-refractivity contribution in [3.8, 4) is 78.3 Å². The first-order valence-electron chi connectivity index (χ1n) is 26.4. The highest BCUT2D eigenvalue weighted by molar-refractivity contribution is 5.92. The van der Waals surface area contributed by atoms with E-state index >= 15 is 0 Å². The number of hydrogen-bond donors (Lipinski definition) is 0. The van der Waals surface area contributed by atoms with Crippen molar-refractivity contribution in [2.24, 2.45) is 0 Å². The number of ether oxygens (including phenoxy) is 1. The van der Waals surface area contributed by atoms with Crippen LogP contribution in [0.4, 0.5) is 17.1 Å². The SMILES string of the molecule is CCCCc1cc(-c2cc(-c3cc(-c4cc(-c5ccnc(CCCC)c5)cc(-c5ccnc(CCCC)c5)c4)cc(N4c5ccccc5Oc5ccccc54)c3)cc(-c3ccnc(CCCC)c3)c2)ccn1. The van der Waals surface area contributed by atoms with Crippen LogP contribution in [0.3, 0.4) is 0 Å². The van der Waals surface area contributed by atoms with E-state index in [9.17, 15) is 0 Å². The van der Waals surface area contributed by atoms with Crippen molar-refractivity contribution in [2.45, 2.75) is 105 Å². The van der Waals surface area contributed by atoms with Gasteiger partial charge in [0.15, 0.2) is 11.5 Å². The van der Waals surface area contributed by atoms with Crippen LogP contribution in [0.5, 0.6) is 11.5 Å². The first-order chi connectivity index (χ1) is 35.5. The maximum absolute atomic E-state index is 6.59. The minimum absolute atomic E-state index is 0.818. The van der Waals surface area contributed by atoms with E-state index in [4.69, 9.17) is 24.7 Å². The topological polar surface area (TPSA) is 64.0 Å². The number of para-hydroxylation sites is 4. The highest BCUT2D eigenvalue weighted by atomic mass is 16.5. The minimum atomic E-state index is 0.818. The van der Waals surface area contributed by atoms with Gasteiger partial charge in [0.1, 0.15) is 0 Å². The van der Waals surface area contributed by atoms with Crippen LogP contribution >= 0.6 is 0 Å². The normalized spacial score (nSPS) is 11.8. The van der Waals surface area contributed by atoms with Crippen LogP contribution in [0.2, 0.25) is 0 Å². The van der Waals surface area contributed by atoms with Gasteiger partial charge in [-0.3, -0.25) is 19.9 Å². The van der Waals surface area contributed by atoms with Crippen molar-refractivity contribution in [2.75, 3.05) is 4.90 Å². The second kappa shape index (κ2) is 22.6. The van der Waals surface area contributed by atoms with Crippen molar-refractivity contribution in [1.29, 1.82) is 0 Å². The van der Waals surface area contributed by atoms with Crippen LogP contribution in [0, 0.1) is 0 Å². The molecular formula is C66H65N5O. The van der Waals surface area contributed by atoms with Gasteiger partial charge in [-0.05, 0) is 246 Å². The summed E-state index contributed by atoms with van der Waals surface area (Å²) in [6, 6.07) is 55.8. The summed E-state index contributed by atoms with van der Waals surface area (Å²) >= 11 is 0. The number of fused-ring (bicyclic) bond motifs is 2. The van der Waals surface area contributed by atoms with E-state index in [1.807, 2.05) is 36.9 Å². The standard InChI is InChI=1S/C66H65N5O/c1-5-9-17-58-40-46(25-29-67-58)50-33-51(47-26-30-68-59(41-47)18-10-6-2)36-54(35-50)56-39-57(45-62(44-56)71-63-21-13-15-23-65(63)72-66-24-16-14-22-64(66)71)55-37-52(48-27-31-69-60(42-48)19-11-7-3)34-53(38-55)49-28-32-70-61(43-49)20-12-8-4/h13-16,21-45H,5-12,17-20H2,1-4H3. The quantitative estimate of drug-likeness (QED) is 0.0805. The Morgan fingerprint density at radius 2 is 0.597 bits per heavy atom. The van der Waals surface area contributed by atoms with Gasteiger partial charge in [-0.15, -0.1) is 0 Å². The Morgan fingerprint density at radius 3 is 0.903 bits per heavy atom. The molecule has 0 saturated carbocycles. The fraction of sp³-hybridized carbons (Fsp3) is 0.242. The molecule has 0 amide bonds. The van der Waals surface area contributed by atoms with Gasteiger partial charge in [0.2, 0.25) is 0 Å². The maximum Gasteiger partial charge on any atom is 0.151 e. The summed E-state index contributed by atoms with van der Waals surface area (Å²) in [6.07, 6.45) is 20.6. The lowest BCUT2D eigenvalue weighted by molar-refractivity contribution is 0.477. The number of aromatic nitrogens is 4.